The van der Waals surface area contributed by atoms with Gasteiger partial charge in [-0.1, -0.05) is 12.1 Å². The molecule has 3 nitrogen and oxygen atoms in total. The molecule has 19 heavy (non-hydrogen) atoms. The summed E-state index contributed by atoms with van der Waals surface area (Å²) < 4.78 is 2.20. The highest BCUT2D eigenvalue weighted by molar-refractivity contribution is 5.90. The normalized spacial score (nSPS) is 16.3. The molecule has 0 N–H and O–H groups in total. The quantitative estimate of drug-likeness (QED) is 0.789. The van der Waals surface area contributed by atoms with Crippen LogP contribution in [0.15, 0.2) is 18.2 Å². The Hall–Kier alpha value is -1.61. The van der Waals surface area contributed by atoms with E-state index in [2.05, 4.69) is 29.5 Å². The number of carbonyl (C=O) groups is 1. The maximum Gasteiger partial charge on any atom is 0.150 e. The van der Waals surface area contributed by atoms with Crippen LogP contribution in [0.4, 0.5) is 0 Å². The third-order valence-electron chi connectivity index (χ3n) is 4.36. The van der Waals surface area contributed by atoms with Crippen LogP contribution < -0.4 is 0 Å². The molecule has 0 amide bonds. The maximum atomic E-state index is 10.9. The summed E-state index contributed by atoms with van der Waals surface area (Å²) in [4.78, 5) is 13.4. The Morgan fingerprint density at radius 2 is 2.00 bits per heavy atom. The van der Waals surface area contributed by atoms with Crippen LogP contribution in [0.25, 0.3) is 10.9 Å². The summed E-state index contributed by atoms with van der Waals surface area (Å²) in [7, 11) is 2.08. The fourth-order valence-corrected chi connectivity index (χ4v) is 3.10. The third-order valence-corrected chi connectivity index (χ3v) is 4.36. The molecule has 100 valence electrons. The summed E-state index contributed by atoms with van der Waals surface area (Å²) in [6.45, 7) is 5.63. The lowest BCUT2D eigenvalue weighted by atomic mass is 10.1. The van der Waals surface area contributed by atoms with Crippen molar-refractivity contribution in [3.05, 3.63) is 35.0 Å². The second-order valence-corrected chi connectivity index (χ2v) is 5.50. The molecule has 0 spiro atoms. The molecular weight excluding hydrogens is 236 g/mol. The second kappa shape index (κ2) is 4.82. The largest absolute Gasteiger partial charge is 0.348 e. The van der Waals surface area contributed by atoms with E-state index in [1.165, 1.54) is 42.6 Å². The van der Waals surface area contributed by atoms with Gasteiger partial charge in [-0.15, -0.1) is 0 Å². The first kappa shape index (κ1) is 12.4. The number of hydrogen-bond acceptors (Lipinski definition) is 2. The van der Waals surface area contributed by atoms with Crippen LogP contribution in [-0.4, -0.2) is 28.8 Å². The number of aromatic nitrogens is 1. The second-order valence-electron chi connectivity index (χ2n) is 5.50. The smallest absolute Gasteiger partial charge is 0.150 e. The average Bonchev–Trinajstić information content (AvgIpc) is 3.02. The number of aryl methyl sites for hydroxylation is 1. The minimum Gasteiger partial charge on any atom is -0.348 e. The van der Waals surface area contributed by atoms with Gasteiger partial charge in [0.2, 0.25) is 0 Å². The van der Waals surface area contributed by atoms with E-state index < -0.39 is 0 Å². The molecule has 3 heteroatoms. The van der Waals surface area contributed by atoms with E-state index in [0.717, 1.165) is 23.9 Å². The average molecular weight is 256 g/mol. The number of benzene rings is 1. The highest BCUT2D eigenvalue weighted by Gasteiger charge is 2.17. The van der Waals surface area contributed by atoms with Gasteiger partial charge in [0.05, 0.1) is 0 Å². The molecular formula is C16H20N2O. The van der Waals surface area contributed by atoms with E-state index in [9.17, 15) is 4.79 Å². The summed E-state index contributed by atoms with van der Waals surface area (Å²) >= 11 is 0. The highest BCUT2D eigenvalue weighted by Crippen LogP contribution is 2.27. The van der Waals surface area contributed by atoms with Crippen molar-refractivity contribution in [2.24, 2.45) is 7.05 Å². The van der Waals surface area contributed by atoms with Crippen molar-refractivity contribution < 1.29 is 4.79 Å². The van der Waals surface area contributed by atoms with Crippen molar-refractivity contribution >= 4 is 17.2 Å². The number of likely N-dealkylation sites (tertiary alicyclic amines) is 1. The molecule has 3 rings (SSSR count). The van der Waals surface area contributed by atoms with E-state index in [4.69, 9.17) is 0 Å². The van der Waals surface area contributed by atoms with Gasteiger partial charge in [-0.25, -0.2) is 0 Å². The zero-order valence-electron chi connectivity index (χ0n) is 11.6. The van der Waals surface area contributed by atoms with Gasteiger partial charge in [0.25, 0.3) is 0 Å². The minimum atomic E-state index is 0.751. The van der Waals surface area contributed by atoms with Gasteiger partial charge in [-0.3, -0.25) is 9.69 Å². The fourth-order valence-electron chi connectivity index (χ4n) is 3.10. The first-order valence-corrected chi connectivity index (χ1v) is 6.96. The first-order valence-electron chi connectivity index (χ1n) is 6.96. The summed E-state index contributed by atoms with van der Waals surface area (Å²) in [6, 6.07) is 6.00. The molecule has 0 bridgehead atoms. The number of nitrogens with zero attached hydrogens (tertiary/aromatic N) is 2. The minimum absolute atomic E-state index is 0.751. The van der Waals surface area contributed by atoms with Crippen LogP contribution in [0.3, 0.4) is 0 Å². The fraction of sp³-hybridized carbons (Fsp3) is 0.438. The highest BCUT2D eigenvalue weighted by atomic mass is 16.1. The van der Waals surface area contributed by atoms with Gasteiger partial charge in [0.15, 0.2) is 0 Å². The zero-order chi connectivity index (χ0) is 13.4. The van der Waals surface area contributed by atoms with Crippen molar-refractivity contribution in [3.63, 3.8) is 0 Å². The Labute approximate surface area is 113 Å². The number of hydrogen-bond donors (Lipinski definition) is 0. The molecule has 1 saturated heterocycles. The molecule has 1 aliphatic rings. The van der Waals surface area contributed by atoms with E-state index in [1.807, 2.05) is 12.1 Å². The first-order chi connectivity index (χ1) is 9.20. The van der Waals surface area contributed by atoms with Gasteiger partial charge in [0, 0.05) is 35.8 Å². The van der Waals surface area contributed by atoms with Crippen molar-refractivity contribution in [1.82, 2.24) is 9.47 Å². The van der Waals surface area contributed by atoms with E-state index in [0.29, 0.717) is 0 Å². The van der Waals surface area contributed by atoms with Crippen LogP contribution >= 0.6 is 0 Å². The van der Waals surface area contributed by atoms with Crippen molar-refractivity contribution in [2.45, 2.75) is 26.3 Å². The summed E-state index contributed by atoms with van der Waals surface area (Å²) in [6.07, 6.45) is 3.56. The molecule has 1 fully saturated rings. The lowest BCUT2D eigenvalue weighted by Gasteiger charge is -2.14. The Balaban J connectivity index is 2.07. The van der Waals surface area contributed by atoms with Crippen molar-refractivity contribution in [2.75, 3.05) is 13.1 Å². The van der Waals surface area contributed by atoms with Crippen LogP contribution in [0, 0.1) is 6.92 Å². The Bertz CT molecular complexity index is 621. The predicted octanol–water partition coefficient (Wildman–Crippen LogP) is 2.90. The molecule has 0 atom stereocenters. The summed E-state index contributed by atoms with van der Waals surface area (Å²) in [5, 5.41) is 1.29. The van der Waals surface area contributed by atoms with Crippen molar-refractivity contribution in [1.29, 1.82) is 0 Å². The molecule has 1 aromatic carbocycles. The standard InChI is InChI=1S/C16H20N2O/c1-12-15(10-18-7-3-4-8-18)14-6-5-13(11-19)9-16(14)17(12)2/h5-6,9,11H,3-4,7-8,10H2,1-2H3. The zero-order valence-corrected chi connectivity index (χ0v) is 11.6. The molecule has 0 saturated carbocycles. The number of carbonyl (C=O) groups excluding carboxylic acids is 1. The molecule has 0 radical (unpaired) electrons. The maximum absolute atomic E-state index is 10.9. The molecule has 0 unspecified atom stereocenters. The molecule has 0 aliphatic carbocycles. The van der Waals surface area contributed by atoms with E-state index in [1.54, 1.807) is 0 Å². The van der Waals surface area contributed by atoms with Crippen LogP contribution in [0.5, 0.6) is 0 Å². The monoisotopic (exact) mass is 256 g/mol. The van der Waals surface area contributed by atoms with Crippen LogP contribution in [0.2, 0.25) is 0 Å². The Morgan fingerprint density at radius 3 is 2.68 bits per heavy atom. The molecule has 2 heterocycles. The predicted molar refractivity (Wildman–Crippen MR) is 77.6 cm³/mol. The lowest BCUT2D eigenvalue weighted by Crippen LogP contribution is -2.18. The third kappa shape index (κ3) is 2.08. The van der Waals surface area contributed by atoms with Gasteiger partial charge in [-0.05, 0) is 44.5 Å². The van der Waals surface area contributed by atoms with Gasteiger partial charge >= 0.3 is 0 Å². The number of aldehydes is 1. The van der Waals surface area contributed by atoms with Crippen LogP contribution in [-0.2, 0) is 13.6 Å². The van der Waals surface area contributed by atoms with Gasteiger partial charge < -0.3 is 4.57 Å². The molecule has 1 aliphatic heterocycles. The van der Waals surface area contributed by atoms with Gasteiger partial charge in [0.1, 0.15) is 6.29 Å². The topological polar surface area (TPSA) is 25.2 Å². The number of fused-ring (bicyclic) bond motifs is 1. The Morgan fingerprint density at radius 1 is 1.26 bits per heavy atom. The number of rotatable bonds is 3. The summed E-state index contributed by atoms with van der Waals surface area (Å²) in [5.74, 6) is 0. The Kier molecular flexibility index (Phi) is 3.15. The van der Waals surface area contributed by atoms with Crippen LogP contribution in [0.1, 0.15) is 34.5 Å². The lowest BCUT2D eigenvalue weighted by molar-refractivity contribution is 0.112. The SMILES string of the molecule is Cc1c(CN2CCCC2)c2ccc(C=O)cc2n1C. The van der Waals surface area contributed by atoms with Gasteiger partial charge in [-0.2, -0.15) is 0 Å². The molecule has 1 aromatic heterocycles. The van der Waals surface area contributed by atoms with E-state index in [-0.39, 0.29) is 0 Å². The van der Waals surface area contributed by atoms with Crippen molar-refractivity contribution in [3.8, 4) is 0 Å². The summed E-state index contributed by atoms with van der Waals surface area (Å²) in [5.41, 5.74) is 4.64. The molecule has 2 aromatic rings. The van der Waals surface area contributed by atoms with E-state index >= 15 is 0 Å².